The molecule has 2 N–H and O–H groups in total. The van der Waals surface area contributed by atoms with Gasteiger partial charge in [-0.05, 0) is 122 Å². The number of carboxylic acid groups (broad SMARTS) is 2. The van der Waals surface area contributed by atoms with Crippen molar-refractivity contribution >= 4 is 23.6 Å². The summed E-state index contributed by atoms with van der Waals surface area (Å²) in [5.41, 5.74) is -0.535. The Morgan fingerprint density at radius 1 is 0.929 bits per heavy atom. The predicted octanol–water partition coefficient (Wildman–Crippen LogP) is 2.82. The van der Waals surface area contributed by atoms with Gasteiger partial charge in [0.1, 0.15) is 0 Å². The van der Waals surface area contributed by atoms with Crippen LogP contribution in [0.2, 0.25) is 0 Å². The van der Waals surface area contributed by atoms with Crippen molar-refractivity contribution in [2.45, 2.75) is 112 Å². The number of hydrogen-bond acceptors (Lipinski definition) is 5. The number of fused-ring (bicyclic) bond motifs is 7. The molecule has 0 heterocycles. The van der Waals surface area contributed by atoms with Crippen molar-refractivity contribution in [1.82, 2.24) is 0 Å². The summed E-state index contributed by atoms with van der Waals surface area (Å²) in [6.07, 6.45) is 11.4. The van der Waals surface area contributed by atoms with Crippen LogP contribution in [0.4, 0.5) is 0 Å². The average Bonchev–Trinajstić information content (AvgIpc) is 2.86. The molecule has 0 radical (unpaired) electrons. The van der Waals surface area contributed by atoms with Gasteiger partial charge in [-0.1, -0.05) is 47.1 Å². The maximum Gasteiger partial charge on any atom is 1.00 e. The van der Waals surface area contributed by atoms with E-state index in [2.05, 4.69) is 46.5 Å². The van der Waals surface area contributed by atoms with Crippen LogP contribution in [-0.4, -0.2) is 39.9 Å². The van der Waals surface area contributed by atoms with E-state index in [9.17, 15) is 24.6 Å². The van der Waals surface area contributed by atoms with E-state index >= 15 is 0 Å². The SMILES string of the molecule is CC1(C)[C@@H](N=C([O-])/C=C/C(=O)O)CC[C@]2(C)[C@H]3C(=O)C=C4[C@@H]5C[C@@](C)(C(=O)O)CC[C@]5(C)CC[C@@]4(C)[C@]3(C)CC[C@@H]12.[K+]. The molecule has 0 amide bonds. The number of aliphatic carboxylic acids is 2. The van der Waals surface area contributed by atoms with Crippen molar-refractivity contribution in [3.8, 4) is 0 Å². The number of rotatable bonds is 4. The molecule has 9 atom stereocenters. The molecule has 0 aromatic carbocycles. The Bertz CT molecular complexity index is 1270. The van der Waals surface area contributed by atoms with Gasteiger partial charge in [0.05, 0.1) is 11.5 Å². The molecule has 4 saturated carbocycles. The van der Waals surface area contributed by atoms with E-state index in [0.29, 0.717) is 19.3 Å². The molecule has 5 rings (SSSR count). The smallest absolute Gasteiger partial charge is 0.859 e. The van der Waals surface area contributed by atoms with E-state index in [1.807, 2.05) is 13.0 Å². The summed E-state index contributed by atoms with van der Waals surface area (Å²) in [5, 5.41) is 31.5. The molecule has 0 saturated heterocycles. The quantitative estimate of drug-likeness (QED) is 0.220. The monoisotopic (exact) mass is 605 g/mol. The normalized spacial score (nSPS) is 46.3. The second-order valence-electron chi connectivity index (χ2n) is 16.1. The van der Waals surface area contributed by atoms with Gasteiger partial charge < -0.3 is 15.3 Å². The first kappa shape index (κ1) is 34.1. The van der Waals surface area contributed by atoms with Gasteiger partial charge in [0, 0.05) is 12.0 Å². The maximum atomic E-state index is 14.4. The van der Waals surface area contributed by atoms with Crippen LogP contribution in [0, 0.1) is 50.2 Å². The summed E-state index contributed by atoms with van der Waals surface area (Å²) in [6.45, 7) is 15.5. The van der Waals surface area contributed by atoms with Gasteiger partial charge in [-0.3, -0.25) is 14.6 Å². The van der Waals surface area contributed by atoms with Crippen LogP contribution in [0.3, 0.4) is 0 Å². The Balaban J connectivity index is 0.00000405. The summed E-state index contributed by atoms with van der Waals surface area (Å²) < 4.78 is 0. The van der Waals surface area contributed by atoms with Gasteiger partial charge in [0.25, 0.3) is 0 Å². The number of carbonyl (C=O) groups excluding carboxylic acids is 1. The number of hydrogen-bond donors (Lipinski definition) is 2. The van der Waals surface area contributed by atoms with E-state index in [4.69, 9.17) is 5.11 Å². The summed E-state index contributed by atoms with van der Waals surface area (Å²) in [4.78, 5) is 42.1. The fourth-order valence-electron chi connectivity index (χ4n) is 10.9. The molecule has 0 bridgehead atoms. The molecular formula is C34H48KNO6. The Kier molecular flexibility index (Phi) is 8.86. The third kappa shape index (κ3) is 4.88. The first-order valence-electron chi connectivity index (χ1n) is 15.5. The Hall–Kier alpha value is -0.804. The zero-order chi connectivity index (χ0) is 30.4. The van der Waals surface area contributed by atoms with Gasteiger partial charge in [-0.2, -0.15) is 0 Å². The van der Waals surface area contributed by atoms with Crippen molar-refractivity contribution in [2.75, 3.05) is 0 Å². The second kappa shape index (κ2) is 10.9. The molecule has 8 heteroatoms. The number of ketones is 1. The van der Waals surface area contributed by atoms with Crippen molar-refractivity contribution < 1.29 is 81.1 Å². The molecule has 226 valence electrons. The van der Waals surface area contributed by atoms with E-state index in [1.165, 1.54) is 5.57 Å². The maximum absolute atomic E-state index is 14.4. The third-order valence-corrected chi connectivity index (χ3v) is 13.7. The number of aliphatic imine (C=N–C) groups is 1. The van der Waals surface area contributed by atoms with Crippen molar-refractivity contribution in [1.29, 1.82) is 0 Å². The van der Waals surface area contributed by atoms with Crippen LogP contribution >= 0.6 is 0 Å². The zero-order valence-electron chi connectivity index (χ0n) is 26.9. The topological polar surface area (TPSA) is 127 Å². The minimum Gasteiger partial charge on any atom is -0.859 e. The van der Waals surface area contributed by atoms with Crippen LogP contribution in [0.5, 0.6) is 0 Å². The number of carboxylic acids is 2. The summed E-state index contributed by atoms with van der Waals surface area (Å²) in [6, 6.07) is -0.234. The van der Waals surface area contributed by atoms with Crippen LogP contribution < -0.4 is 56.5 Å². The third-order valence-electron chi connectivity index (χ3n) is 13.7. The molecule has 0 aromatic rings. The Morgan fingerprint density at radius 3 is 2.19 bits per heavy atom. The fourth-order valence-corrected chi connectivity index (χ4v) is 10.9. The molecular weight excluding hydrogens is 557 g/mol. The number of nitrogens with zero attached hydrogens (tertiary/aromatic N) is 1. The summed E-state index contributed by atoms with van der Waals surface area (Å²) in [5.74, 6) is -2.08. The van der Waals surface area contributed by atoms with Crippen molar-refractivity contribution in [3.63, 3.8) is 0 Å². The first-order chi connectivity index (χ1) is 18.8. The fraction of sp³-hybridized carbons (Fsp3) is 0.765. The van der Waals surface area contributed by atoms with Crippen LogP contribution in [0.25, 0.3) is 0 Å². The van der Waals surface area contributed by atoms with Crippen molar-refractivity contribution in [3.05, 3.63) is 23.8 Å². The average molecular weight is 606 g/mol. The molecule has 5 aliphatic rings. The zero-order valence-corrected chi connectivity index (χ0v) is 30.0. The molecule has 42 heavy (non-hydrogen) atoms. The van der Waals surface area contributed by atoms with Gasteiger partial charge >= 0.3 is 63.3 Å². The largest absolute Gasteiger partial charge is 1.00 e. The van der Waals surface area contributed by atoms with Crippen molar-refractivity contribution in [2.24, 2.45) is 55.2 Å². The minimum atomic E-state index is -1.17. The van der Waals surface area contributed by atoms with Crippen LogP contribution in [0.15, 0.2) is 28.8 Å². The molecule has 0 aromatic heterocycles. The number of allylic oxidation sites excluding steroid dienone is 2. The standard InChI is InChI=1S/C34H49NO6.K/c1-29(2)23-10-13-34(7)27(32(23,5)12-11-24(29)35-25(37)8-9-26(38)39)22(36)18-20-21-19-31(4,28(40)41)15-14-30(21,3)16-17-33(20,34)6;/h8-9,18,21,23-24,27H,10-17,19H2,1-7H3,(H,35,37)(H,38,39)(H,40,41);/q;+1/p-1/b9-8+;/t21-,23-,24-,27+,30+,31-,32-,33+,34+;/m0./s1. The first-order valence-corrected chi connectivity index (χ1v) is 15.5. The van der Waals surface area contributed by atoms with E-state index in [1.54, 1.807) is 0 Å². The van der Waals surface area contributed by atoms with Gasteiger partial charge in [-0.15, -0.1) is 0 Å². The Labute approximate surface area is 293 Å². The molecule has 5 aliphatic carbocycles. The molecule has 0 aliphatic heterocycles. The van der Waals surface area contributed by atoms with Gasteiger partial charge in [-0.25, -0.2) is 4.79 Å². The van der Waals surface area contributed by atoms with Crippen LogP contribution in [-0.2, 0) is 14.4 Å². The van der Waals surface area contributed by atoms with E-state index in [-0.39, 0.29) is 108 Å². The predicted molar refractivity (Wildman–Crippen MR) is 155 cm³/mol. The van der Waals surface area contributed by atoms with E-state index < -0.39 is 23.3 Å². The minimum absolute atomic E-state index is 0. The summed E-state index contributed by atoms with van der Waals surface area (Å²) >= 11 is 0. The Morgan fingerprint density at radius 2 is 1.57 bits per heavy atom. The molecule has 0 unspecified atom stereocenters. The van der Waals surface area contributed by atoms with Gasteiger partial charge in [0.15, 0.2) is 5.78 Å². The van der Waals surface area contributed by atoms with Crippen LogP contribution in [0.1, 0.15) is 106 Å². The van der Waals surface area contributed by atoms with E-state index in [0.717, 1.165) is 50.7 Å². The number of carbonyl (C=O) groups is 3. The summed E-state index contributed by atoms with van der Waals surface area (Å²) in [7, 11) is 0. The second-order valence-corrected chi connectivity index (χ2v) is 16.1. The molecule has 7 nitrogen and oxygen atoms in total. The molecule has 0 spiro atoms. The van der Waals surface area contributed by atoms with Gasteiger partial charge in [0.2, 0.25) is 0 Å². The molecule has 4 fully saturated rings.